The van der Waals surface area contributed by atoms with E-state index in [1.165, 1.54) is 17.7 Å². The Morgan fingerprint density at radius 3 is 2.37 bits per heavy atom. The summed E-state index contributed by atoms with van der Waals surface area (Å²) in [6.45, 7) is 5.15. The highest BCUT2D eigenvalue weighted by atomic mass is 19.1. The number of hydrogen-bond donors (Lipinski definition) is 5. The summed E-state index contributed by atoms with van der Waals surface area (Å²) in [6.07, 6.45) is 4.01. The number of imide groups is 2. The van der Waals surface area contributed by atoms with Crippen LogP contribution in [0.15, 0.2) is 54.6 Å². The van der Waals surface area contributed by atoms with E-state index in [0.29, 0.717) is 88.9 Å². The Morgan fingerprint density at radius 1 is 0.857 bits per heavy atom. The van der Waals surface area contributed by atoms with Crippen molar-refractivity contribution in [2.75, 3.05) is 78.2 Å². The topological polar surface area (TPSA) is 200 Å². The number of nitrogens with zero attached hydrogens (tertiary/aromatic N) is 2. The first kappa shape index (κ1) is 45.0. The van der Waals surface area contributed by atoms with Crippen molar-refractivity contribution in [1.29, 1.82) is 0 Å². The highest BCUT2D eigenvalue weighted by molar-refractivity contribution is 6.25. The van der Waals surface area contributed by atoms with Gasteiger partial charge in [-0.2, -0.15) is 0 Å². The maximum Gasteiger partial charge on any atom is 0.264 e. The smallest absolute Gasteiger partial charge is 0.264 e. The molecule has 3 aliphatic heterocycles. The van der Waals surface area contributed by atoms with Crippen molar-refractivity contribution >= 4 is 52.0 Å². The molecule has 0 radical (unpaired) electrons. The van der Waals surface area contributed by atoms with E-state index in [4.69, 9.17) is 14.2 Å². The molecule has 3 aromatic carbocycles. The van der Waals surface area contributed by atoms with Crippen molar-refractivity contribution < 1.29 is 47.4 Å². The molecule has 5 N–H and O–H groups in total. The highest BCUT2D eigenvalue weighted by Gasteiger charge is 2.45. The van der Waals surface area contributed by atoms with Gasteiger partial charge in [-0.1, -0.05) is 36.8 Å². The molecular weight excluding hydrogens is 814 g/mol. The molecule has 17 heteroatoms. The number of hydrogen-bond acceptors (Lipinski definition) is 11. The van der Waals surface area contributed by atoms with Crippen molar-refractivity contribution in [3.05, 3.63) is 88.2 Å². The van der Waals surface area contributed by atoms with Gasteiger partial charge in [0.1, 0.15) is 11.9 Å². The van der Waals surface area contributed by atoms with Gasteiger partial charge in [0.25, 0.3) is 17.7 Å². The second-order valence-corrected chi connectivity index (χ2v) is 15.9. The zero-order chi connectivity index (χ0) is 44.3. The molecule has 1 atom stereocenters. The van der Waals surface area contributed by atoms with Gasteiger partial charge in [-0.05, 0) is 80.2 Å². The number of rotatable bonds is 23. The highest BCUT2D eigenvalue weighted by Crippen LogP contribution is 2.35. The minimum Gasteiger partial charge on any atom is -0.382 e. The lowest BCUT2D eigenvalue weighted by atomic mass is 9.99. The number of aromatic nitrogens is 1. The number of nitrogens with one attached hydrogen (secondary N) is 5. The summed E-state index contributed by atoms with van der Waals surface area (Å²) in [5.41, 5.74) is 5.98. The second kappa shape index (κ2) is 21.4. The normalized spacial score (nSPS) is 16.1. The Morgan fingerprint density at radius 2 is 1.60 bits per heavy atom. The van der Waals surface area contributed by atoms with Crippen LogP contribution in [0, 0.1) is 5.82 Å². The summed E-state index contributed by atoms with van der Waals surface area (Å²) in [5, 5.41) is 11.9. The van der Waals surface area contributed by atoms with Crippen molar-refractivity contribution in [2.24, 2.45) is 0 Å². The Hall–Kier alpha value is -6.01. The number of ether oxygens (including phenoxy) is 3. The predicted molar refractivity (Wildman–Crippen MR) is 232 cm³/mol. The van der Waals surface area contributed by atoms with Crippen molar-refractivity contribution in [3.8, 4) is 11.3 Å². The first-order valence-electron chi connectivity index (χ1n) is 21.6. The number of unbranched alkanes of at least 4 members (excludes halogenated alkanes) is 2. The van der Waals surface area contributed by atoms with Gasteiger partial charge in [-0.15, -0.1) is 0 Å². The number of benzene rings is 3. The molecule has 0 saturated carbocycles. The van der Waals surface area contributed by atoms with Crippen LogP contribution < -0.4 is 21.3 Å². The number of aromatic amines is 1. The Bertz CT molecular complexity index is 2330. The van der Waals surface area contributed by atoms with Crippen molar-refractivity contribution in [3.63, 3.8) is 0 Å². The van der Waals surface area contributed by atoms with Gasteiger partial charge in [0.15, 0.2) is 0 Å². The average Bonchev–Trinajstić information content (AvgIpc) is 3.68. The minimum absolute atomic E-state index is 0.00446. The largest absolute Gasteiger partial charge is 0.382 e. The van der Waals surface area contributed by atoms with E-state index in [1.54, 1.807) is 18.2 Å². The number of H-pyrrole nitrogens is 1. The molecule has 1 fully saturated rings. The molecule has 1 unspecified atom stereocenters. The monoisotopic (exact) mass is 867 g/mol. The molecule has 6 amide bonds. The number of fused-ring (bicyclic) bond motifs is 1. The summed E-state index contributed by atoms with van der Waals surface area (Å²) < 4.78 is 31.0. The van der Waals surface area contributed by atoms with E-state index in [-0.39, 0.29) is 35.8 Å². The second-order valence-electron chi connectivity index (χ2n) is 15.9. The van der Waals surface area contributed by atoms with Crippen LogP contribution in [0.2, 0.25) is 0 Å². The SMILES string of the molecule is CN(CCCCCC(=O)NCCOCCOCCOCCNc1cccc2c1C(=O)N(C1CCC(=O)NC1=O)C2=O)Cc1ccc(-c2[nH]c3cc(F)cc4c3c2CCNC4=O)cc1. The molecule has 334 valence electrons. The van der Waals surface area contributed by atoms with Crippen LogP contribution in [-0.2, 0) is 41.6 Å². The fourth-order valence-electron chi connectivity index (χ4n) is 8.26. The lowest BCUT2D eigenvalue weighted by Gasteiger charge is -2.27. The van der Waals surface area contributed by atoms with Crippen LogP contribution >= 0.6 is 0 Å². The Balaban J connectivity index is 0.680. The average molecular weight is 868 g/mol. The number of halogens is 1. The van der Waals surface area contributed by atoms with Gasteiger partial charge >= 0.3 is 0 Å². The summed E-state index contributed by atoms with van der Waals surface area (Å²) >= 11 is 0. The van der Waals surface area contributed by atoms with Crippen LogP contribution in [0.3, 0.4) is 0 Å². The number of carbonyl (C=O) groups excluding carboxylic acids is 6. The fraction of sp³-hybridized carbons (Fsp3) is 0.435. The van der Waals surface area contributed by atoms with E-state index in [1.807, 2.05) is 0 Å². The maximum atomic E-state index is 14.3. The summed E-state index contributed by atoms with van der Waals surface area (Å²) in [5.74, 6) is -2.89. The van der Waals surface area contributed by atoms with Crippen molar-refractivity contribution in [2.45, 2.75) is 57.5 Å². The Kier molecular flexibility index (Phi) is 15.3. The van der Waals surface area contributed by atoms with Crippen LogP contribution in [-0.4, -0.2) is 129 Å². The van der Waals surface area contributed by atoms with Gasteiger partial charge in [0, 0.05) is 61.3 Å². The molecule has 16 nitrogen and oxygen atoms in total. The van der Waals surface area contributed by atoms with Crippen molar-refractivity contribution in [1.82, 2.24) is 30.7 Å². The van der Waals surface area contributed by atoms with Gasteiger partial charge in [0.05, 0.1) is 56.3 Å². The number of amides is 6. The first-order valence-corrected chi connectivity index (χ1v) is 21.6. The van der Waals surface area contributed by atoms with Crippen LogP contribution in [0.25, 0.3) is 22.2 Å². The zero-order valence-electron chi connectivity index (χ0n) is 35.4. The molecule has 1 saturated heterocycles. The third-order valence-corrected chi connectivity index (χ3v) is 11.4. The van der Waals surface area contributed by atoms with Gasteiger partial charge in [-0.3, -0.25) is 39.0 Å². The third kappa shape index (κ3) is 11.1. The minimum atomic E-state index is -1.02. The van der Waals surface area contributed by atoms with Gasteiger partial charge in [-0.25, -0.2) is 4.39 Å². The molecule has 4 heterocycles. The number of piperidine rings is 1. The van der Waals surface area contributed by atoms with Crippen LogP contribution in [0.1, 0.15) is 80.7 Å². The van der Waals surface area contributed by atoms with E-state index in [0.717, 1.165) is 59.5 Å². The maximum absolute atomic E-state index is 14.3. The zero-order valence-corrected chi connectivity index (χ0v) is 35.4. The third-order valence-electron chi connectivity index (χ3n) is 11.4. The molecule has 0 aliphatic carbocycles. The standard InChI is InChI=1S/C46H54FN7O9/c1-53(28-29-9-11-30(12-10-29)42-32-15-16-50-43(57)34-26-31(47)27-36(51-42)40(32)34)19-4-2-3-8-38(55)49-18-21-62-23-25-63-24-22-61-20-17-48-35-7-5-6-33-41(35)46(60)54(45(33)59)37-13-14-39(56)52-44(37)58/h5-7,9-12,26-27,37,48,51H,2-4,8,13-25,28H2,1H3,(H,49,55)(H,50,57)(H,52,56,58). The number of carbonyl (C=O) groups is 6. The van der Waals surface area contributed by atoms with E-state index in [2.05, 4.69) is 62.5 Å². The van der Waals surface area contributed by atoms with E-state index in [9.17, 15) is 33.2 Å². The molecule has 63 heavy (non-hydrogen) atoms. The summed E-state index contributed by atoms with van der Waals surface area (Å²) in [6, 6.07) is 15.0. The first-order chi connectivity index (χ1) is 30.6. The quantitative estimate of drug-likeness (QED) is 0.0535. The molecule has 0 spiro atoms. The number of anilines is 1. The summed E-state index contributed by atoms with van der Waals surface area (Å²) in [7, 11) is 2.09. The van der Waals surface area contributed by atoms with Gasteiger partial charge < -0.3 is 40.0 Å². The van der Waals surface area contributed by atoms with Gasteiger partial charge in [0.2, 0.25) is 17.7 Å². The molecule has 4 aromatic rings. The lowest BCUT2D eigenvalue weighted by molar-refractivity contribution is -0.136. The Labute approximate surface area is 364 Å². The summed E-state index contributed by atoms with van der Waals surface area (Å²) in [4.78, 5) is 81.5. The fourth-order valence-corrected chi connectivity index (χ4v) is 8.26. The van der Waals surface area contributed by atoms with Crippen LogP contribution in [0.4, 0.5) is 10.1 Å². The molecule has 0 bridgehead atoms. The molecule has 1 aromatic heterocycles. The molecule has 3 aliphatic rings. The molecule has 7 rings (SSSR count). The van der Waals surface area contributed by atoms with E-state index < -0.39 is 35.5 Å². The van der Waals surface area contributed by atoms with Crippen LogP contribution in [0.5, 0.6) is 0 Å². The lowest BCUT2D eigenvalue weighted by Crippen LogP contribution is -2.54. The molecular formula is C46H54FN7O9. The van der Waals surface area contributed by atoms with E-state index >= 15 is 0 Å². The predicted octanol–water partition coefficient (Wildman–Crippen LogP) is 3.93.